The Morgan fingerprint density at radius 1 is 1.45 bits per heavy atom. The fourth-order valence-electron chi connectivity index (χ4n) is 1.75. The number of carbonyl (C=O) groups is 1. The fraction of sp³-hybridized carbons (Fsp3) is 0.214. The molecule has 3 N–H and O–H groups in total. The Morgan fingerprint density at radius 2 is 2.25 bits per heavy atom. The summed E-state index contributed by atoms with van der Waals surface area (Å²) in [5.41, 5.74) is 1.64. The first-order chi connectivity index (χ1) is 9.56. The number of anilines is 1. The maximum atomic E-state index is 11.7. The van der Waals surface area contributed by atoms with Crippen LogP contribution in [0.2, 0.25) is 5.02 Å². The van der Waals surface area contributed by atoms with Gasteiger partial charge in [0.2, 0.25) is 0 Å². The number of thiophene rings is 1. The van der Waals surface area contributed by atoms with Crippen molar-refractivity contribution in [2.45, 2.75) is 13.0 Å². The van der Waals surface area contributed by atoms with Crippen LogP contribution in [0.15, 0.2) is 35.7 Å². The van der Waals surface area contributed by atoms with Crippen LogP contribution in [-0.4, -0.2) is 17.7 Å². The number of benzene rings is 1. The van der Waals surface area contributed by atoms with Gasteiger partial charge in [0, 0.05) is 15.6 Å². The molecule has 0 radical (unpaired) electrons. The molecule has 2 amide bonds. The van der Waals surface area contributed by atoms with Gasteiger partial charge < -0.3 is 15.7 Å². The minimum atomic E-state index is -0.694. The van der Waals surface area contributed by atoms with Gasteiger partial charge in [0.1, 0.15) is 6.10 Å². The topological polar surface area (TPSA) is 61.4 Å². The van der Waals surface area contributed by atoms with Gasteiger partial charge in [0.15, 0.2) is 0 Å². The number of aryl methyl sites for hydroxylation is 1. The molecule has 0 aliphatic carbocycles. The summed E-state index contributed by atoms with van der Waals surface area (Å²) in [5, 5.41) is 17.8. The van der Waals surface area contributed by atoms with Crippen LogP contribution in [-0.2, 0) is 0 Å². The number of hydrogen-bond acceptors (Lipinski definition) is 3. The molecule has 0 fully saturated rings. The number of nitrogens with one attached hydrogen (secondary N) is 2. The minimum Gasteiger partial charge on any atom is -0.386 e. The lowest BCUT2D eigenvalue weighted by Crippen LogP contribution is -2.32. The molecular weight excluding hydrogens is 296 g/mol. The van der Waals surface area contributed by atoms with Crippen molar-refractivity contribution in [1.29, 1.82) is 0 Å². The highest BCUT2D eigenvalue weighted by Crippen LogP contribution is 2.23. The number of carbonyl (C=O) groups excluding carboxylic acids is 1. The van der Waals surface area contributed by atoms with Gasteiger partial charge >= 0.3 is 6.03 Å². The summed E-state index contributed by atoms with van der Waals surface area (Å²) in [7, 11) is 0. The Bertz CT molecular complexity index is 600. The average Bonchev–Trinajstić information content (AvgIpc) is 2.82. The molecule has 0 saturated carbocycles. The minimum absolute atomic E-state index is 0.160. The molecule has 4 nitrogen and oxygen atoms in total. The molecule has 0 aliphatic rings. The molecule has 1 atom stereocenters. The van der Waals surface area contributed by atoms with Gasteiger partial charge in [-0.3, -0.25) is 0 Å². The van der Waals surface area contributed by atoms with E-state index in [1.165, 1.54) is 11.3 Å². The molecule has 1 aromatic carbocycles. The first-order valence-electron chi connectivity index (χ1n) is 6.08. The summed E-state index contributed by atoms with van der Waals surface area (Å²) in [6.07, 6.45) is -0.694. The molecule has 0 bridgehead atoms. The van der Waals surface area contributed by atoms with Gasteiger partial charge in [-0.05, 0) is 42.1 Å². The summed E-state index contributed by atoms with van der Waals surface area (Å²) in [4.78, 5) is 12.6. The molecule has 106 valence electrons. The van der Waals surface area contributed by atoms with Crippen LogP contribution in [0.5, 0.6) is 0 Å². The van der Waals surface area contributed by atoms with Crippen molar-refractivity contribution in [1.82, 2.24) is 5.32 Å². The van der Waals surface area contributed by atoms with Crippen molar-refractivity contribution >= 4 is 34.7 Å². The maximum Gasteiger partial charge on any atom is 0.319 e. The number of aliphatic hydroxyl groups is 1. The molecule has 0 aliphatic heterocycles. The fourth-order valence-corrected chi connectivity index (χ4v) is 2.85. The zero-order valence-electron chi connectivity index (χ0n) is 10.9. The second-order valence-electron chi connectivity index (χ2n) is 4.33. The standard InChI is InChI=1S/C14H15ClN2O2S/c1-9-5-6-20-13(9)12(18)8-16-14(19)17-11-4-2-3-10(15)7-11/h2-7,12,18H,8H2,1H3,(H2,16,17,19). The maximum absolute atomic E-state index is 11.7. The molecule has 1 heterocycles. The zero-order valence-corrected chi connectivity index (χ0v) is 12.5. The van der Waals surface area contributed by atoms with E-state index < -0.39 is 6.10 Å². The molecular formula is C14H15ClN2O2S. The molecule has 0 saturated heterocycles. The lowest BCUT2D eigenvalue weighted by atomic mass is 10.2. The molecule has 1 unspecified atom stereocenters. The quantitative estimate of drug-likeness (QED) is 0.808. The van der Waals surface area contributed by atoms with Gasteiger partial charge in [0.05, 0.1) is 6.54 Å². The molecule has 0 spiro atoms. The van der Waals surface area contributed by atoms with Crippen LogP contribution < -0.4 is 10.6 Å². The SMILES string of the molecule is Cc1ccsc1C(O)CNC(=O)Nc1cccc(Cl)c1. The monoisotopic (exact) mass is 310 g/mol. The Labute approximate surface area is 126 Å². The number of rotatable bonds is 4. The first kappa shape index (κ1) is 14.8. The van der Waals surface area contributed by atoms with Crippen molar-refractivity contribution < 1.29 is 9.90 Å². The summed E-state index contributed by atoms with van der Waals surface area (Å²) < 4.78 is 0. The van der Waals surface area contributed by atoms with E-state index in [9.17, 15) is 9.90 Å². The second-order valence-corrected chi connectivity index (χ2v) is 5.71. The van der Waals surface area contributed by atoms with Crippen molar-refractivity contribution in [3.8, 4) is 0 Å². The predicted octanol–water partition coefficient (Wildman–Crippen LogP) is 3.57. The Hall–Kier alpha value is -1.56. The summed E-state index contributed by atoms with van der Waals surface area (Å²) in [5.74, 6) is 0. The van der Waals surface area contributed by atoms with Gasteiger partial charge in [0.25, 0.3) is 0 Å². The number of urea groups is 1. The number of halogens is 1. The Balaban J connectivity index is 1.85. The van der Waals surface area contributed by atoms with Crippen molar-refractivity contribution in [2.24, 2.45) is 0 Å². The van der Waals surface area contributed by atoms with Crippen molar-refractivity contribution in [2.75, 3.05) is 11.9 Å². The van der Waals surface area contributed by atoms with Crippen LogP contribution >= 0.6 is 22.9 Å². The van der Waals surface area contributed by atoms with E-state index in [-0.39, 0.29) is 12.6 Å². The third-order valence-electron chi connectivity index (χ3n) is 2.74. The van der Waals surface area contributed by atoms with Gasteiger partial charge in [-0.1, -0.05) is 17.7 Å². The molecule has 1 aromatic heterocycles. The van der Waals surface area contributed by atoms with Crippen LogP contribution in [0.4, 0.5) is 10.5 Å². The first-order valence-corrected chi connectivity index (χ1v) is 7.34. The smallest absolute Gasteiger partial charge is 0.319 e. The summed E-state index contributed by atoms with van der Waals surface area (Å²) in [6.45, 7) is 2.09. The van der Waals surface area contributed by atoms with E-state index in [1.807, 2.05) is 18.4 Å². The van der Waals surface area contributed by atoms with Crippen molar-refractivity contribution in [3.63, 3.8) is 0 Å². The highest BCUT2D eigenvalue weighted by molar-refractivity contribution is 7.10. The van der Waals surface area contributed by atoms with Crippen LogP contribution in [0.25, 0.3) is 0 Å². The van der Waals surface area contributed by atoms with E-state index in [4.69, 9.17) is 11.6 Å². The van der Waals surface area contributed by atoms with E-state index in [1.54, 1.807) is 24.3 Å². The Morgan fingerprint density at radius 3 is 2.90 bits per heavy atom. The molecule has 20 heavy (non-hydrogen) atoms. The van der Waals surface area contributed by atoms with E-state index >= 15 is 0 Å². The second kappa shape index (κ2) is 6.74. The zero-order chi connectivity index (χ0) is 14.5. The third kappa shape index (κ3) is 3.96. The summed E-state index contributed by atoms with van der Waals surface area (Å²) in [6, 6.07) is 8.44. The predicted molar refractivity (Wildman–Crippen MR) is 82.5 cm³/mol. The number of aliphatic hydroxyl groups excluding tert-OH is 1. The van der Waals surface area contributed by atoms with Crippen LogP contribution in [0, 0.1) is 6.92 Å². The lowest BCUT2D eigenvalue weighted by Gasteiger charge is -2.12. The third-order valence-corrected chi connectivity index (χ3v) is 4.10. The van der Waals surface area contributed by atoms with Crippen LogP contribution in [0.1, 0.15) is 16.5 Å². The van der Waals surface area contributed by atoms with Gasteiger partial charge in [-0.15, -0.1) is 11.3 Å². The van der Waals surface area contributed by atoms with E-state index in [0.29, 0.717) is 10.7 Å². The number of hydrogen-bond donors (Lipinski definition) is 3. The highest BCUT2D eigenvalue weighted by atomic mass is 35.5. The highest BCUT2D eigenvalue weighted by Gasteiger charge is 2.13. The van der Waals surface area contributed by atoms with Crippen molar-refractivity contribution in [3.05, 3.63) is 51.2 Å². The largest absolute Gasteiger partial charge is 0.386 e. The number of amides is 2. The van der Waals surface area contributed by atoms with Gasteiger partial charge in [-0.25, -0.2) is 4.79 Å². The molecule has 2 rings (SSSR count). The molecule has 2 aromatic rings. The summed E-state index contributed by atoms with van der Waals surface area (Å²) >= 11 is 7.31. The van der Waals surface area contributed by atoms with Crippen LogP contribution in [0.3, 0.4) is 0 Å². The molecule has 6 heteroatoms. The lowest BCUT2D eigenvalue weighted by molar-refractivity contribution is 0.178. The normalized spacial score (nSPS) is 11.9. The Kier molecular flexibility index (Phi) is 5.00. The van der Waals surface area contributed by atoms with Gasteiger partial charge in [-0.2, -0.15) is 0 Å². The average molecular weight is 311 g/mol. The van der Waals surface area contributed by atoms with E-state index in [2.05, 4.69) is 10.6 Å². The van der Waals surface area contributed by atoms with E-state index in [0.717, 1.165) is 10.4 Å².